The number of nitrogen functional groups attached to an aromatic ring is 1. The first-order valence-corrected chi connectivity index (χ1v) is 5.39. The van der Waals surface area contributed by atoms with Gasteiger partial charge in [-0.2, -0.15) is 5.10 Å². The van der Waals surface area contributed by atoms with Crippen LogP contribution in [-0.4, -0.2) is 20.9 Å². The third kappa shape index (κ3) is 2.00. The van der Waals surface area contributed by atoms with Crippen LogP contribution in [0, 0.1) is 6.92 Å². The summed E-state index contributed by atoms with van der Waals surface area (Å²) in [6, 6.07) is 7.17. The number of carboxylic acids is 1. The van der Waals surface area contributed by atoms with Crippen molar-refractivity contribution in [3.63, 3.8) is 0 Å². The fourth-order valence-electron chi connectivity index (χ4n) is 1.80. The Balaban J connectivity index is 2.47. The highest BCUT2D eigenvalue weighted by molar-refractivity contribution is 5.94. The van der Waals surface area contributed by atoms with Crippen LogP contribution in [0.25, 0.3) is 0 Å². The van der Waals surface area contributed by atoms with E-state index in [4.69, 9.17) is 5.73 Å². The molecule has 1 aromatic heterocycles. The molecule has 0 atom stereocenters. The standard InChI is InChI=1S/C12H14N4O2/c1-7-10(11(12(17)18)16(2)15-7)14-9-6-4-3-5-8(9)13/h3-6,14H,13H2,1-2H3,(H,17,18). The van der Waals surface area contributed by atoms with Crippen LogP contribution < -0.4 is 11.1 Å². The lowest BCUT2D eigenvalue weighted by atomic mass is 10.2. The number of rotatable bonds is 3. The van der Waals surface area contributed by atoms with E-state index in [9.17, 15) is 9.90 Å². The van der Waals surface area contributed by atoms with Crippen molar-refractivity contribution in [2.75, 3.05) is 11.1 Å². The summed E-state index contributed by atoms with van der Waals surface area (Å²) in [5, 5.41) is 16.3. The number of nitrogens with zero attached hydrogens (tertiary/aromatic N) is 2. The van der Waals surface area contributed by atoms with Gasteiger partial charge in [-0.3, -0.25) is 4.68 Å². The van der Waals surface area contributed by atoms with Crippen molar-refractivity contribution in [2.24, 2.45) is 7.05 Å². The maximum Gasteiger partial charge on any atom is 0.356 e. The summed E-state index contributed by atoms with van der Waals surface area (Å²) in [6.07, 6.45) is 0. The van der Waals surface area contributed by atoms with Gasteiger partial charge >= 0.3 is 5.97 Å². The van der Waals surface area contributed by atoms with Gasteiger partial charge < -0.3 is 16.2 Å². The largest absolute Gasteiger partial charge is 0.476 e. The van der Waals surface area contributed by atoms with Gasteiger partial charge in [0.25, 0.3) is 0 Å². The van der Waals surface area contributed by atoms with Gasteiger partial charge in [-0.1, -0.05) is 12.1 Å². The number of carbonyl (C=O) groups is 1. The first kappa shape index (κ1) is 12.0. The van der Waals surface area contributed by atoms with E-state index < -0.39 is 5.97 Å². The minimum absolute atomic E-state index is 0.107. The number of aromatic nitrogens is 2. The summed E-state index contributed by atoms with van der Waals surface area (Å²) >= 11 is 0. The van der Waals surface area contributed by atoms with Crippen LogP contribution >= 0.6 is 0 Å². The molecule has 0 bridgehead atoms. The molecule has 0 aliphatic carbocycles. The van der Waals surface area contributed by atoms with Crippen LogP contribution in [0.3, 0.4) is 0 Å². The molecule has 6 nitrogen and oxygen atoms in total. The molecule has 0 unspecified atom stereocenters. The third-order valence-electron chi connectivity index (χ3n) is 2.65. The second kappa shape index (κ2) is 4.40. The fraction of sp³-hybridized carbons (Fsp3) is 0.167. The van der Waals surface area contributed by atoms with E-state index >= 15 is 0 Å². The summed E-state index contributed by atoms with van der Waals surface area (Å²) in [5.41, 5.74) is 8.21. The van der Waals surface area contributed by atoms with Crippen LogP contribution in [0.2, 0.25) is 0 Å². The molecule has 0 radical (unpaired) electrons. The van der Waals surface area contributed by atoms with Gasteiger partial charge in [-0.25, -0.2) is 4.79 Å². The summed E-state index contributed by atoms with van der Waals surface area (Å²) in [5.74, 6) is -1.03. The Bertz CT molecular complexity index is 604. The van der Waals surface area contributed by atoms with Crippen LogP contribution in [0.4, 0.5) is 17.1 Å². The number of anilines is 3. The van der Waals surface area contributed by atoms with Crippen molar-refractivity contribution in [2.45, 2.75) is 6.92 Å². The third-order valence-corrected chi connectivity index (χ3v) is 2.65. The monoisotopic (exact) mass is 246 g/mol. The summed E-state index contributed by atoms with van der Waals surface area (Å²) < 4.78 is 1.33. The van der Waals surface area contributed by atoms with Crippen molar-refractivity contribution >= 4 is 23.0 Å². The van der Waals surface area contributed by atoms with Crippen molar-refractivity contribution in [3.8, 4) is 0 Å². The molecule has 2 aromatic rings. The van der Waals surface area contributed by atoms with E-state index in [2.05, 4.69) is 10.4 Å². The number of carboxylic acid groups (broad SMARTS) is 1. The lowest BCUT2D eigenvalue weighted by Crippen LogP contribution is -2.08. The molecule has 6 heteroatoms. The van der Waals surface area contributed by atoms with Crippen LogP contribution in [0.15, 0.2) is 24.3 Å². The molecule has 0 aliphatic heterocycles. The summed E-state index contributed by atoms with van der Waals surface area (Å²) in [6.45, 7) is 1.74. The topological polar surface area (TPSA) is 93.2 Å². The van der Waals surface area contributed by atoms with Gasteiger partial charge in [-0.15, -0.1) is 0 Å². The number of nitrogens with one attached hydrogen (secondary N) is 1. The van der Waals surface area contributed by atoms with Gasteiger partial charge in [0.1, 0.15) is 0 Å². The zero-order chi connectivity index (χ0) is 13.3. The second-order valence-electron chi connectivity index (χ2n) is 3.95. The highest BCUT2D eigenvalue weighted by atomic mass is 16.4. The quantitative estimate of drug-likeness (QED) is 0.717. The highest BCUT2D eigenvalue weighted by Gasteiger charge is 2.19. The molecule has 0 saturated carbocycles. The Morgan fingerprint density at radius 3 is 2.72 bits per heavy atom. The Morgan fingerprint density at radius 1 is 1.44 bits per heavy atom. The number of para-hydroxylation sites is 2. The molecule has 0 spiro atoms. The fourth-order valence-corrected chi connectivity index (χ4v) is 1.80. The Morgan fingerprint density at radius 2 is 2.11 bits per heavy atom. The van der Waals surface area contributed by atoms with E-state index in [0.29, 0.717) is 22.8 Å². The molecule has 18 heavy (non-hydrogen) atoms. The van der Waals surface area contributed by atoms with Gasteiger partial charge in [0.2, 0.25) is 0 Å². The molecule has 94 valence electrons. The van der Waals surface area contributed by atoms with E-state index in [-0.39, 0.29) is 5.69 Å². The van der Waals surface area contributed by atoms with E-state index in [0.717, 1.165) is 0 Å². The number of benzene rings is 1. The summed E-state index contributed by atoms with van der Waals surface area (Å²) in [7, 11) is 1.59. The number of hydrogen-bond acceptors (Lipinski definition) is 4. The number of nitrogens with two attached hydrogens (primary N) is 1. The van der Waals surface area contributed by atoms with Crippen LogP contribution in [-0.2, 0) is 7.05 Å². The van der Waals surface area contributed by atoms with Crippen molar-refractivity contribution in [1.29, 1.82) is 0 Å². The number of aromatic carboxylic acids is 1. The van der Waals surface area contributed by atoms with Gasteiger partial charge in [0.05, 0.1) is 22.8 Å². The first-order chi connectivity index (χ1) is 8.50. The molecule has 0 saturated heterocycles. The predicted molar refractivity (Wildman–Crippen MR) is 69.0 cm³/mol. The van der Waals surface area contributed by atoms with Crippen molar-refractivity contribution in [1.82, 2.24) is 9.78 Å². The number of hydrogen-bond donors (Lipinski definition) is 3. The molecule has 1 aromatic carbocycles. The molecule has 0 amide bonds. The number of aryl methyl sites for hydroxylation is 2. The zero-order valence-corrected chi connectivity index (χ0v) is 10.1. The minimum atomic E-state index is -1.03. The molecular weight excluding hydrogens is 232 g/mol. The maximum atomic E-state index is 11.2. The van der Waals surface area contributed by atoms with Crippen molar-refractivity contribution < 1.29 is 9.90 Å². The highest BCUT2D eigenvalue weighted by Crippen LogP contribution is 2.27. The smallest absolute Gasteiger partial charge is 0.356 e. The van der Waals surface area contributed by atoms with Crippen molar-refractivity contribution in [3.05, 3.63) is 35.7 Å². The van der Waals surface area contributed by atoms with Crippen LogP contribution in [0.1, 0.15) is 16.2 Å². The Hall–Kier alpha value is -2.50. The van der Waals surface area contributed by atoms with Gasteiger partial charge in [0.15, 0.2) is 5.69 Å². The molecule has 4 N–H and O–H groups in total. The maximum absolute atomic E-state index is 11.2. The van der Waals surface area contributed by atoms with E-state index in [1.165, 1.54) is 4.68 Å². The lowest BCUT2D eigenvalue weighted by Gasteiger charge is -2.09. The zero-order valence-electron chi connectivity index (χ0n) is 10.1. The average Bonchev–Trinajstić information content (AvgIpc) is 2.57. The molecule has 2 rings (SSSR count). The second-order valence-corrected chi connectivity index (χ2v) is 3.95. The van der Waals surface area contributed by atoms with Gasteiger partial charge in [-0.05, 0) is 19.1 Å². The van der Waals surface area contributed by atoms with E-state index in [1.807, 2.05) is 12.1 Å². The lowest BCUT2D eigenvalue weighted by molar-refractivity contribution is 0.0686. The van der Waals surface area contributed by atoms with Crippen LogP contribution in [0.5, 0.6) is 0 Å². The van der Waals surface area contributed by atoms with E-state index in [1.54, 1.807) is 26.1 Å². The first-order valence-electron chi connectivity index (χ1n) is 5.39. The predicted octanol–water partition coefficient (Wildman–Crippen LogP) is 1.75. The molecule has 0 aliphatic rings. The molecule has 1 heterocycles. The van der Waals surface area contributed by atoms with Gasteiger partial charge in [0, 0.05) is 7.05 Å². The Labute approximate surface area is 104 Å². The molecular formula is C12H14N4O2. The SMILES string of the molecule is Cc1nn(C)c(C(=O)O)c1Nc1ccccc1N. The molecule has 0 fully saturated rings. The Kier molecular flexibility index (Phi) is 2.93. The summed E-state index contributed by atoms with van der Waals surface area (Å²) in [4.78, 5) is 11.2. The normalized spacial score (nSPS) is 10.3. The average molecular weight is 246 g/mol. The minimum Gasteiger partial charge on any atom is -0.476 e.